The zero-order chi connectivity index (χ0) is 19.5. The molecule has 0 N–H and O–H groups in total. The summed E-state index contributed by atoms with van der Waals surface area (Å²) in [4.78, 5) is 7.21. The number of morpholine rings is 1. The molecule has 2 aromatic rings. The van der Waals surface area contributed by atoms with Crippen molar-refractivity contribution in [2.24, 2.45) is 5.92 Å². The molecule has 1 aliphatic heterocycles. The fraction of sp³-hybridized carbons (Fsp3) is 0.591. The highest BCUT2D eigenvalue weighted by Gasteiger charge is 2.24. The molecule has 1 saturated heterocycles. The number of fused-ring (bicyclic) bond motifs is 1. The van der Waals surface area contributed by atoms with Gasteiger partial charge in [-0.2, -0.15) is 0 Å². The zero-order valence-electron chi connectivity index (χ0n) is 16.7. The first kappa shape index (κ1) is 19.7. The summed E-state index contributed by atoms with van der Waals surface area (Å²) in [6.07, 6.45) is 3.67. The lowest BCUT2D eigenvalue weighted by molar-refractivity contribution is 0.0322. The van der Waals surface area contributed by atoms with Crippen LogP contribution in [-0.2, 0) is 11.2 Å². The SMILES string of the molecule is CC(C)Oc1cc(CC2CC2)nc2c(Cl)c(OCCN3CCOCC3)ccc12. The summed E-state index contributed by atoms with van der Waals surface area (Å²) >= 11 is 6.72. The molecule has 0 atom stereocenters. The van der Waals surface area contributed by atoms with Crippen molar-refractivity contribution in [3.8, 4) is 11.5 Å². The molecule has 6 heteroatoms. The van der Waals surface area contributed by atoms with E-state index in [0.717, 1.165) is 67.5 Å². The third-order valence-electron chi connectivity index (χ3n) is 5.23. The molecular formula is C22H29ClN2O3. The van der Waals surface area contributed by atoms with Gasteiger partial charge in [-0.25, -0.2) is 0 Å². The second-order valence-electron chi connectivity index (χ2n) is 8.00. The molecular weight excluding hydrogens is 376 g/mol. The van der Waals surface area contributed by atoms with Gasteiger partial charge in [0.15, 0.2) is 0 Å². The van der Waals surface area contributed by atoms with E-state index in [2.05, 4.69) is 11.0 Å². The van der Waals surface area contributed by atoms with Crippen LogP contribution in [0.2, 0.25) is 5.02 Å². The quantitative estimate of drug-likeness (QED) is 0.654. The van der Waals surface area contributed by atoms with Crippen LogP contribution < -0.4 is 9.47 Å². The van der Waals surface area contributed by atoms with Crippen LogP contribution >= 0.6 is 11.6 Å². The van der Waals surface area contributed by atoms with Gasteiger partial charge >= 0.3 is 0 Å². The van der Waals surface area contributed by atoms with E-state index in [0.29, 0.717) is 17.4 Å². The minimum atomic E-state index is 0.0996. The number of hydrogen-bond acceptors (Lipinski definition) is 5. The largest absolute Gasteiger partial charge is 0.491 e. The summed E-state index contributed by atoms with van der Waals surface area (Å²) in [5, 5.41) is 1.52. The Labute approximate surface area is 171 Å². The minimum absolute atomic E-state index is 0.0996. The normalized spacial score (nSPS) is 18.0. The second kappa shape index (κ2) is 8.85. The third-order valence-corrected chi connectivity index (χ3v) is 5.59. The number of rotatable bonds is 8. The summed E-state index contributed by atoms with van der Waals surface area (Å²) in [6.45, 7) is 9.05. The van der Waals surface area contributed by atoms with Gasteiger partial charge in [-0.1, -0.05) is 11.6 Å². The Hall–Kier alpha value is -1.56. The van der Waals surface area contributed by atoms with E-state index >= 15 is 0 Å². The Morgan fingerprint density at radius 2 is 2.00 bits per heavy atom. The molecule has 152 valence electrons. The number of halogens is 1. The fourth-order valence-electron chi connectivity index (χ4n) is 3.55. The van der Waals surface area contributed by atoms with Crippen LogP contribution in [0.25, 0.3) is 10.9 Å². The van der Waals surface area contributed by atoms with E-state index in [1.165, 1.54) is 12.8 Å². The van der Waals surface area contributed by atoms with Crippen molar-refractivity contribution >= 4 is 22.5 Å². The second-order valence-corrected chi connectivity index (χ2v) is 8.38. The highest BCUT2D eigenvalue weighted by molar-refractivity contribution is 6.36. The number of ether oxygens (including phenoxy) is 3. The summed E-state index contributed by atoms with van der Waals surface area (Å²) in [5.74, 6) is 2.30. The van der Waals surface area contributed by atoms with E-state index in [4.69, 9.17) is 30.8 Å². The highest BCUT2D eigenvalue weighted by atomic mass is 35.5. The van der Waals surface area contributed by atoms with Gasteiger partial charge in [-0.3, -0.25) is 9.88 Å². The molecule has 0 spiro atoms. The Morgan fingerprint density at radius 1 is 1.21 bits per heavy atom. The standard InChI is InChI=1S/C22H29ClN2O3/c1-15(2)28-20-14-17(13-16-3-4-16)24-22-18(20)5-6-19(21(22)23)27-12-9-25-7-10-26-11-8-25/h5-6,14-16H,3-4,7-13H2,1-2H3. The van der Waals surface area contributed by atoms with Crippen molar-refractivity contribution in [2.75, 3.05) is 39.5 Å². The van der Waals surface area contributed by atoms with E-state index in [1.54, 1.807) is 0 Å². The molecule has 0 bridgehead atoms. The number of hydrogen-bond donors (Lipinski definition) is 0. The maximum Gasteiger partial charge on any atom is 0.140 e. The van der Waals surface area contributed by atoms with Crippen LogP contribution in [0.3, 0.4) is 0 Å². The lowest BCUT2D eigenvalue weighted by Crippen LogP contribution is -2.38. The van der Waals surface area contributed by atoms with Gasteiger partial charge in [0.2, 0.25) is 0 Å². The van der Waals surface area contributed by atoms with E-state index in [9.17, 15) is 0 Å². The molecule has 1 saturated carbocycles. The van der Waals surface area contributed by atoms with Gasteiger partial charge in [0.05, 0.1) is 24.8 Å². The van der Waals surface area contributed by atoms with E-state index in [1.807, 2.05) is 26.0 Å². The Morgan fingerprint density at radius 3 is 2.71 bits per heavy atom. The lowest BCUT2D eigenvalue weighted by Gasteiger charge is -2.26. The Bertz CT molecular complexity index is 817. The molecule has 2 aliphatic rings. The predicted molar refractivity (Wildman–Crippen MR) is 112 cm³/mol. The summed E-state index contributed by atoms with van der Waals surface area (Å²) < 4.78 is 17.5. The van der Waals surface area contributed by atoms with Crippen molar-refractivity contribution in [2.45, 2.75) is 39.2 Å². The number of pyridine rings is 1. The van der Waals surface area contributed by atoms with Crippen LogP contribution in [0.5, 0.6) is 11.5 Å². The molecule has 5 nitrogen and oxygen atoms in total. The third kappa shape index (κ3) is 4.88. The van der Waals surface area contributed by atoms with Crippen LogP contribution in [-0.4, -0.2) is 55.4 Å². The molecule has 1 aliphatic carbocycles. The lowest BCUT2D eigenvalue weighted by atomic mass is 10.1. The van der Waals surface area contributed by atoms with Crippen LogP contribution in [0.4, 0.5) is 0 Å². The van der Waals surface area contributed by atoms with Crippen LogP contribution in [0.1, 0.15) is 32.4 Å². The number of aromatic nitrogens is 1. The zero-order valence-corrected chi connectivity index (χ0v) is 17.5. The first-order valence-corrected chi connectivity index (χ1v) is 10.7. The maximum atomic E-state index is 6.72. The predicted octanol–water partition coefficient (Wildman–Crippen LogP) is 4.34. The Balaban J connectivity index is 1.55. The molecule has 2 fully saturated rings. The molecule has 0 amide bonds. The average Bonchev–Trinajstić information content (AvgIpc) is 3.48. The molecule has 28 heavy (non-hydrogen) atoms. The maximum absolute atomic E-state index is 6.72. The first-order chi connectivity index (χ1) is 13.6. The van der Waals surface area contributed by atoms with Crippen LogP contribution in [0.15, 0.2) is 18.2 Å². The fourth-order valence-corrected chi connectivity index (χ4v) is 3.82. The Kier molecular flexibility index (Phi) is 6.24. The van der Waals surface area contributed by atoms with Gasteiger partial charge in [-0.05, 0) is 51.2 Å². The summed E-state index contributed by atoms with van der Waals surface area (Å²) in [5.41, 5.74) is 1.83. The van der Waals surface area contributed by atoms with Gasteiger partial charge < -0.3 is 14.2 Å². The topological polar surface area (TPSA) is 43.8 Å². The molecule has 0 radical (unpaired) electrons. The van der Waals surface area contributed by atoms with Crippen LogP contribution in [0, 0.1) is 5.92 Å². The van der Waals surface area contributed by atoms with Crippen molar-refractivity contribution in [1.29, 1.82) is 0 Å². The van der Waals surface area contributed by atoms with Gasteiger partial charge in [0.25, 0.3) is 0 Å². The first-order valence-electron chi connectivity index (χ1n) is 10.3. The smallest absolute Gasteiger partial charge is 0.140 e. The van der Waals surface area contributed by atoms with Crippen molar-refractivity contribution in [3.63, 3.8) is 0 Å². The van der Waals surface area contributed by atoms with Gasteiger partial charge in [0.1, 0.15) is 23.1 Å². The number of benzene rings is 1. The summed E-state index contributed by atoms with van der Waals surface area (Å²) in [6, 6.07) is 6.02. The van der Waals surface area contributed by atoms with Crippen molar-refractivity contribution in [3.05, 3.63) is 28.9 Å². The van der Waals surface area contributed by atoms with Gasteiger partial charge in [-0.15, -0.1) is 0 Å². The number of nitrogens with zero attached hydrogens (tertiary/aromatic N) is 2. The summed E-state index contributed by atoms with van der Waals surface area (Å²) in [7, 11) is 0. The minimum Gasteiger partial charge on any atom is -0.491 e. The monoisotopic (exact) mass is 404 g/mol. The molecule has 1 aromatic heterocycles. The van der Waals surface area contributed by atoms with Crippen molar-refractivity contribution < 1.29 is 14.2 Å². The van der Waals surface area contributed by atoms with Gasteiger partial charge in [0, 0.05) is 36.8 Å². The molecule has 1 aromatic carbocycles. The average molecular weight is 405 g/mol. The molecule has 2 heterocycles. The molecule has 4 rings (SSSR count). The molecule has 0 unspecified atom stereocenters. The van der Waals surface area contributed by atoms with E-state index < -0.39 is 0 Å². The van der Waals surface area contributed by atoms with E-state index in [-0.39, 0.29) is 6.10 Å². The van der Waals surface area contributed by atoms with Crippen molar-refractivity contribution in [1.82, 2.24) is 9.88 Å². The highest BCUT2D eigenvalue weighted by Crippen LogP contribution is 2.39.